The molecule has 7 heteroatoms. The van der Waals surface area contributed by atoms with Crippen molar-refractivity contribution in [3.8, 4) is 17.6 Å². The Labute approximate surface area is 187 Å². The number of hydrogen-bond acceptors (Lipinski definition) is 7. The molecule has 2 unspecified atom stereocenters. The molecular formula is C25H26N2O5. The second-order valence-corrected chi connectivity index (χ2v) is 7.15. The first kappa shape index (κ1) is 22.9. The van der Waals surface area contributed by atoms with Crippen LogP contribution in [0.5, 0.6) is 11.5 Å². The monoisotopic (exact) mass is 434 g/mol. The third-order valence-electron chi connectivity index (χ3n) is 5.07. The Morgan fingerprint density at radius 2 is 1.84 bits per heavy atom. The van der Waals surface area contributed by atoms with Crippen molar-refractivity contribution < 1.29 is 23.7 Å². The fraction of sp³-hybridized carbons (Fsp3) is 0.320. The highest BCUT2D eigenvalue weighted by atomic mass is 16.5. The van der Waals surface area contributed by atoms with E-state index >= 15 is 0 Å². The molecule has 0 fully saturated rings. The quantitative estimate of drug-likeness (QED) is 0.603. The van der Waals surface area contributed by atoms with Crippen LogP contribution in [0.1, 0.15) is 37.8 Å². The van der Waals surface area contributed by atoms with E-state index in [9.17, 15) is 10.1 Å². The Morgan fingerprint density at radius 3 is 2.50 bits per heavy atom. The Balaban J connectivity index is 2.00. The number of rotatable bonds is 8. The third-order valence-corrected chi connectivity index (χ3v) is 5.07. The summed E-state index contributed by atoms with van der Waals surface area (Å²) in [5.74, 6) is -1.15. The number of nitriles is 1. The van der Waals surface area contributed by atoms with Crippen LogP contribution in [0.2, 0.25) is 0 Å². The lowest BCUT2D eigenvalue weighted by Gasteiger charge is -2.30. The summed E-state index contributed by atoms with van der Waals surface area (Å²) in [6.45, 7) is 6.15. The van der Waals surface area contributed by atoms with Gasteiger partial charge in [-0.3, -0.25) is 5.41 Å². The van der Waals surface area contributed by atoms with E-state index in [1.807, 2.05) is 37.3 Å². The lowest BCUT2D eigenvalue weighted by molar-refractivity contribution is -0.139. The van der Waals surface area contributed by atoms with Crippen LogP contribution in [0.3, 0.4) is 0 Å². The van der Waals surface area contributed by atoms with Crippen molar-refractivity contribution in [2.75, 3.05) is 13.2 Å². The fourth-order valence-corrected chi connectivity index (χ4v) is 3.63. The molecule has 0 saturated carbocycles. The number of esters is 1. The highest BCUT2D eigenvalue weighted by molar-refractivity contribution is 5.95. The van der Waals surface area contributed by atoms with Crippen LogP contribution in [0.15, 0.2) is 59.9 Å². The van der Waals surface area contributed by atoms with Crippen LogP contribution in [-0.2, 0) is 20.9 Å². The normalized spacial score (nSPS) is 17.9. The smallest absolute Gasteiger partial charge is 0.338 e. The Hall–Kier alpha value is -3.79. The van der Waals surface area contributed by atoms with Crippen molar-refractivity contribution in [2.24, 2.45) is 5.92 Å². The molecule has 32 heavy (non-hydrogen) atoms. The number of ether oxygens (including phenoxy) is 4. The zero-order valence-corrected chi connectivity index (χ0v) is 18.4. The predicted octanol–water partition coefficient (Wildman–Crippen LogP) is 4.73. The van der Waals surface area contributed by atoms with Crippen LogP contribution in [-0.4, -0.2) is 25.1 Å². The van der Waals surface area contributed by atoms with Gasteiger partial charge in [0, 0.05) is 5.92 Å². The first-order chi connectivity index (χ1) is 15.5. The zero-order valence-electron chi connectivity index (χ0n) is 18.4. The van der Waals surface area contributed by atoms with Crippen molar-refractivity contribution >= 4 is 11.9 Å². The molecule has 0 aliphatic carbocycles. The topological polar surface area (TPSA) is 102 Å². The molecule has 0 aromatic heterocycles. The van der Waals surface area contributed by atoms with Gasteiger partial charge in [-0.2, -0.15) is 5.26 Å². The van der Waals surface area contributed by atoms with E-state index in [0.717, 1.165) is 5.56 Å². The SMILES string of the molecule is CCOC(=O)C1=C(C)OC(=N)C(C#N)C1c1ccc(OCc2ccccc2)c(OCC)c1. The molecule has 7 nitrogen and oxygen atoms in total. The van der Waals surface area contributed by atoms with Gasteiger partial charge in [0.1, 0.15) is 18.3 Å². The van der Waals surface area contributed by atoms with Crippen molar-refractivity contribution in [1.82, 2.24) is 0 Å². The van der Waals surface area contributed by atoms with E-state index in [-0.39, 0.29) is 23.8 Å². The van der Waals surface area contributed by atoms with Gasteiger partial charge in [-0.05, 0) is 44.0 Å². The summed E-state index contributed by atoms with van der Waals surface area (Å²) in [6.07, 6.45) is 0. The molecule has 2 aromatic carbocycles. The fourth-order valence-electron chi connectivity index (χ4n) is 3.63. The van der Waals surface area contributed by atoms with Gasteiger partial charge >= 0.3 is 5.97 Å². The Kier molecular flexibility index (Phi) is 7.50. The van der Waals surface area contributed by atoms with Gasteiger partial charge < -0.3 is 18.9 Å². The molecule has 2 aromatic rings. The Bertz CT molecular complexity index is 1060. The summed E-state index contributed by atoms with van der Waals surface area (Å²) in [4.78, 5) is 12.7. The first-order valence-electron chi connectivity index (χ1n) is 10.5. The predicted molar refractivity (Wildman–Crippen MR) is 118 cm³/mol. The maximum atomic E-state index is 12.7. The minimum atomic E-state index is -0.969. The van der Waals surface area contributed by atoms with Gasteiger partial charge in [-0.25, -0.2) is 4.79 Å². The minimum absolute atomic E-state index is 0.188. The van der Waals surface area contributed by atoms with Gasteiger partial charge in [0.25, 0.3) is 0 Å². The maximum Gasteiger partial charge on any atom is 0.338 e. The summed E-state index contributed by atoms with van der Waals surface area (Å²) in [6, 6.07) is 17.2. The van der Waals surface area contributed by atoms with E-state index < -0.39 is 17.8 Å². The van der Waals surface area contributed by atoms with E-state index in [1.54, 1.807) is 32.0 Å². The molecule has 0 amide bonds. The minimum Gasteiger partial charge on any atom is -0.490 e. The molecule has 2 atom stereocenters. The molecule has 1 heterocycles. The average molecular weight is 434 g/mol. The molecule has 1 N–H and O–H groups in total. The van der Waals surface area contributed by atoms with Gasteiger partial charge in [-0.1, -0.05) is 36.4 Å². The second kappa shape index (κ2) is 10.5. The van der Waals surface area contributed by atoms with Crippen LogP contribution in [0.4, 0.5) is 0 Å². The molecule has 0 bridgehead atoms. The number of hydrogen-bond donors (Lipinski definition) is 1. The largest absolute Gasteiger partial charge is 0.490 e. The Morgan fingerprint density at radius 1 is 1.09 bits per heavy atom. The molecular weight excluding hydrogens is 408 g/mol. The van der Waals surface area contributed by atoms with E-state index in [4.69, 9.17) is 24.4 Å². The molecule has 1 aliphatic heterocycles. The van der Waals surface area contributed by atoms with Crippen LogP contribution >= 0.6 is 0 Å². The third kappa shape index (κ3) is 4.92. The summed E-state index contributed by atoms with van der Waals surface area (Å²) in [7, 11) is 0. The molecule has 1 aliphatic rings. The van der Waals surface area contributed by atoms with Crippen LogP contribution < -0.4 is 9.47 Å². The lowest BCUT2D eigenvalue weighted by Crippen LogP contribution is -2.33. The summed E-state index contributed by atoms with van der Waals surface area (Å²) in [5.41, 5.74) is 1.89. The molecule has 0 spiro atoms. The van der Waals surface area contributed by atoms with Crippen molar-refractivity contribution in [2.45, 2.75) is 33.3 Å². The van der Waals surface area contributed by atoms with Crippen molar-refractivity contribution in [3.63, 3.8) is 0 Å². The number of allylic oxidation sites excluding steroid dienone is 1. The van der Waals surface area contributed by atoms with Gasteiger partial charge in [-0.15, -0.1) is 0 Å². The molecule has 3 rings (SSSR count). The standard InChI is InChI=1S/C25H26N2O5/c1-4-29-21-13-18(11-12-20(21)31-15-17-9-7-6-8-10-17)23-19(14-26)24(27)32-16(3)22(23)25(28)30-5-2/h6-13,19,23,27H,4-5,15H2,1-3H3. The van der Waals surface area contributed by atoms with E-state index in [2.05, 4.69) is 6.07 Å². The number of carbonyl (C=O) groups is 1. The van der Waals surface area contributed by atoms with Gasteiger partial charge in [0.15, 0.2) is 11.5 Å². The molecule has 0 radical (unpaired) electrons. The maximum absolute atomic E-state index is 12.7. The van der Waals surface area contributed by atoms with Gasteiger partial charge in [0.2, 0.25) is 5.90 Å². The number of nitrogens with one attached hydrogen (secondary N) is 1. The van der Waals surface area contributed by atoms with Gasteiger partial charge in [0.05, 0.1) is 24.9 Å². The second-order valence-electron chi connectivity index (χ2n) is 7.15. The molecule has 0 saturated heterocycles. The van der Waals surface area contributed by atoms with Crippen LogP contribution in [0, 0.1) is 22.7 Å². The van der Waals surface area contributed by atoms with E-state index in [0.29, 0.717) is 30.3 Å². The van der Waals surface area contributed by atoms with E-state index in [1.165, 1.54) is 0 Å². The zero-order chi connectivity index (χ0) is 23.1. The number of nitrogens with zero attached hydrogens (tertiary/aromatic N) is 1. The molecule has 166 valence electrons. The lowest BCUT2D eigenvalue weighted by atomic mass is 9.78. The highest BCUT2D eigenvalue weighted by Crippen LogP contribution is 2.42. The number of benzene rings is 2. The van der Waals surface area contributed by atoms with Crippen molar-refractivity contribution in [3.05, 3.63) is 71.0 Å². The average Bonchev–Trinajstić information content (AvgIpc) is 2.78. The van der Waals surface area contributed by atoms with Crippen molar-refractivity contribution in [1.29, 1.82) is 10.7 Å². The van der Waals surface area contributed by atoms with Crippen LogP contribution in [0.25, 0.3) is 0 Å². The highest BCUT2D eigenvalue weighted by Gasteiger charge is 2.41. The summed E-state index contributed by atoms with van der Waals surface area (Å²) < 4.78 is 22.4. The summed E-state index contributed by atoms with van der Waals surface area (Å²) >= 11 is 0. The first-order valence-corrected chi connectivity index (χ1v) is 10.5. The number of carbonyl (C=O) groups excluding carboxylic acids is 1. The summed E-state index contributed by atoms with van der Waals surface area (Å²) in [5, 5.41) is 17.9.